The molecule has 19 heavy (non-hydrogen) atoms. The first-order valence-electron chi connectivity index (χ1n) is 8.54. The largest absolute Gasteiger partial charge is 0.312 e. The topological polar surface area (TPSA) is 15.3 Å². The molecular formula is C17H32N2. The van der Waals surface area contributed by atoms with E-state index in [-0.39, 0.29) is 0 Å². The minimum atomic E-state index is 0.404. The first-order chi connectivity index (χ1) is 9.06. The fourth-order valence-electron chi connectivity index (χ4n) is 3.78. The second kappa shape index (κ2) is 5.04. The third-order valence-electron chi connectivity index (χ3n) is 5.89. The fraction of sp³-hybridized carbons (Fsp3) is 1.00. The second-order valence-electron chi connectivity index (χ2n) is 8.06. The van der Waals surface area contributed by atoms with Gasteiger partial charge in [0.15, 0.2) is 0 Å². The van der Waals surface area contributed by atoms with E-state index in [0.29, 0.717) is 11.0 Å². The quantitative estimate of drug-likeness (QED) is 0.758. The SMILES string of the molecule is CCCCC(C)(C)N1CC(NCC2CC2)C2(CC2)C1. The second-order valence-corrected chi connectivity index (χ2v) is 8.06. The average molecular weight is 264 g/mol. The Hall–Kier alpha value is -0.0800. The van der Waals surface area contributed by atoms with Gasteiger partial charge in [-0.05, 0) is 63.8 Å². The molecule has 2 saturated carbocycles. The van der Waals surface area contributed by atoms with Gasteiger partial charge in [-0.3, -0.25) is 4.90 Å². The predicted molar refractivity (Wildman–Crippen MR) is 81.4 cm³/mol. The van der Waals surface area contributed by atoms with Crippen LogP contribution in [0.15, 0.2) is 0 Å². The molecule has 0 aromatic heterocycles. The van der Waals surface area contributed by atoms with Crippen molar-refractivity contribution in [1.29, 1.82) is 0 Å². The van der Waals surface area contributed by atoms with E-state index in [2.05, 4.69) is 31.0 Å². The van der Waals surface area contributed by atoms with E-state index in [1.807, 2.05) is 0 Å². The van der Waals surface area contributed by atoms with Gasteiger partial charge in [0.05, 0.1) is 0 Å². The Morgan fingerprint density at radius 2 is 2.00 bits per heavy atom. The number of likely N-dealkylation sites (tertiary alicyclic amines) is 1. The van der Waals surface area contributed by atoms with Crippen LogP contribution in [-0.2, 0) is 0 Å². The van der Waals surface area contributed by atoms with Crippen molar-refractivity contribution in [2.45, 2.75) is 77.3 Å². The van der Waals surface area contributed by atoms with E-state index in [4.69, 9.17) is 0 Å². The van der Waals surface area contributed by atoms with E-state index in [9.17, 15) is 0 Å². The molecule has 1 atom stereocenters. The van der Waals surface area contributed by atoms with Gasteiger partial charge >= 0.3 is 0 Å². The highest BCUT2D eigenvalue weighted by Gasteiger charge is 2.56. The maximum absolute atomic E-state index is 3.91. The summed E-state index contributed by atoms with van der Waals surface area (Å²) in [5.74, 6) is 1.01. The van der Waals surface area contributed by atoms with E-state index < -0.39 is 0 Å². The molecule has 0 bridgehead atoms. The molecule has 0 radical (unpaired) electrons. The van der Waals surface area contributed by atoms with Gasteiger partial charge in [-0.15, -0.1) is 0 Å². The van der Waals surface area contributed by atoms with Gasteiger partial charge in [0.1, 0.15) is 0 Å². The standard InChI is InChI=1S/C17H32N2/c1-4-5-8-16(2,3)19-12-15(17(13-19)9-10-17)18-11-14-6-7-14/h14-15,18H,4-13H2,1-3H3. The summed E-state index contributed by atoms with van der Waals surface area (Å²) >= 11 is 0. The van der Waals surface area contributed by atoms with Crippen LogP contribution in [-0.4, -0.2) is 36.1 Å². The highest BCUT2D eigenvalue weighted by Crippen LogP contribution is 2.54. The van der Waals surface area contributed by atoms with Crippen LogP contribution < -0.4 is 5.32 Å². The first kappa shape index (κ1) is 13.9. The summed E-state index contributed by atoms with van der Waals surface area (Å²) in [7, 11) is 0. The maximum atomic E-state index is 3.91. The molecule has 3 rings (SSSR count). The van der Waals surface area contributed by atoms with Crippen LogP contribution in [0.3, 0.4) is 0 Å². The van der Waals surface area contributed by atoms with Crippen molar-refractivity contribution in [3.8, 4) is 0 Å². The molecule has 1 saturated heterocycles. The predicted octanol–water partition coefficient (Wildman–Crippen LogP) is 3.42. The number of hydrogen-bond donors (Lipinski definition) is 1. The molecule has 3 aliphatic rings. The summed E-state index contributed by atoms with van der Waals surface area (Å²) in [6, 6.07) is 0.786. The van der Waals surface area contributed by atoms with Crippen LogP contribution in [0.5, 0.6) is 0 Å². The molecule has 1 heterocycles. The Kier molecular flexibility index (Phi) is 3.68. The van der Waals surface area contributed by atoms with Gasteiger partial charge in [-0.25, -0.2) is 0 Å². The Bertz CT molecular complexity index is 315. The molecule has 1 aliphatic heterocycles. The highest BCUT2D eigenvalue weighted by atomic mass is 15.3. The van der Waals surface area contributed by atoms with Crippen molar-refractivity contribution < 1.29 is 0 Å². The van der Waals surface area contributed by atoms with Crippen molar-refractivity contribution in [2.24, 2.45) is 11.3 Å². The summed E-state index contributed by atoms with van der Waals surface area (Å²) in [5, 5.41) is 3.91. The molecule has 3 fully saturated rings. The van der Waals surface area contributed by atoms with E-state index in [0.717, 1.165) is 12.0 Å². The van der Waals surface area contributed by atoms with E-state index in [1.54, 1.807) is 0 Å². The number of nitrogens with zero attached hydrogens (tertiary/aromatic N) is 1. The molecule has 0 aromatic carbocycles. The zero-order valence-corrected chi connectivity index (χ0v) is 13.2. The summed E-state index contributed by atoms with van der Waals surface area (Å²) in [4.78, 5) is 2.79. The molecule has 110 valence electrons. The summed E-state index contributed by atoms with van der Waals surface area (Å²) in [5.41, 5.74) is 1.07. The lowest BCUT2D eigenvalue weighted by Gasteiger charge is -2.36. The van der Waals surface area contributed by atoms with Crippen molar-refractivity contribution in [3.63, 3.8) is 0 Å². The Morgan fingerprint density at radius 3 is 2.58 bits per heavy atom. The van der Waals surface area contributed by atoms with Gasteiger partial charge in [0.25, 0.3) is 0 Å². The first-order valence-corrected chi connectivity index (χ1v) is 8.54. The lowest BCUT2D eigenvalue weighted by atomic mass is 9.95. The summed E-state index contributed by atoms with van der Waals surface area (Å²) in [6.45, 7) is 11.2. The van der Waals surface area contributed by atoms with Crippen LogP contribution in [0, 0.1) is 11.3 Å². The van der Waals surface area contributed by atoms with Gasteiger partial charge in [-0.1, -0.05) is 19.8 Å². The molecule has 2 heteroatoms. The monoisotopic (exact) mass is 264 g/mol. The number of unbranched alkanes of at least 4 members (excludes halogenated alkanes) is 1. The van der Waals surface area contributed by atoms with Crippen molar-refractivity contribution in [3.05, 3.63) is 0 Å². The third kappa shape index (κ3) is 3.00. The van der Waals surface area contributed by atoms with Crippen LogP contribution in [0.25, 0.3) is 0 Å². The summed E-state index contributed by atoms with van der Waals surface area (Å²) in [6.07, 6.45) is 9.93. The Labute approximate surface area is 119 Å². The zero-order valence-electron chi connectivity index (χ0n) is 13.2. The van der Waals surface area contributed by atoms with E-state index >= 15 is 0 Å². The molecular weight excluding hydrogens is 232 g/mol. The molecule has 1 unspecified atom stereocenters. The Morgan fingerprint density at radius 1 is 1.26 bits per heavy atom. The van der Waals surface area contributed by atoms with Crippen LogP contribution in [0.2, 0.25) is 0 Å². The van der Waals surface area contributed by atoms with Crippen molar-refractivity contribution in [2.75, 3.05) is 19.6 Å². The van der Waals surface area contributed by atoms with Crippen molar-refractivity contribution >= 4 is 0 Å². The van der Waals surface area contributed by atoms with Gasteiger partial charge in [0.2, 0.25) is 0 Å². The van der Waals surface area contributed by atoms with Gasteiger partial charge < -0.3 is 5.32 Å². The molecule has 2 aliphatic carbocycles. The normalized spacial score (nSPS) is 30.2. The van der Waals surface area contributed by atoms with Gasteiger partial charge in [0, 0.05) is 24.7 Å². The molecule has 2 nitrogen and oxygen atoms in total. The Balaban J connectivity index is 1.56. The minimum Gasteiger partial charge on any atom is -0.312 e. The third-order valence-corrected chi connectivity index (χ3v) is 5.89. The summed E-state index contributed by atoms with van der Waals surface area (Å²) < 4.78 is 0. The van der Waals surface area contributed by atoms with Crippen LogP contribution >= 0.6 is 0 Å². The zero-order chi connectivity index (χ0) is 13.5. The number of nitrogens with one attached hydrogen (secondary N) is 1. The van der Waals surface area contributed by atoms with Crippen LogP contribution in [0.1, 0.15) is 65.7 Å². The average Bonchev–Trinajstić information content (AvgIpc) is 3.25. The molecule has 1 N–H and O–H groups in total. The number of hydrogen-bond acceptors (Lipinski definition) is 2. The fourth-order valence-corrected chi connectivity index (χ4v) is 3.78. The van der Waals surface area contributed by atoms with Gasteiger partial charge in [-0.2, -0.15) is 0 Å². The number of rotatable bonds is 7. The molecule has 0 amide bonds. The lowest BCUT2D eigenvalue weighted by molar-refractivity contribution is 0.132. The molecule has 0 aromatic rings. The van der Waals surface area contributed by atoms with Crippen molar-refractivity contribution in [1.82, 2.24) is 10.2 Å². The maximum Gasteiger partial charge on any atom is 0.0263 e. The smallest absolute Gasteiger partial charge is 0.0263 e. The van der Waals surface area contributed by atoms with E-state index in [1.165, 1.54) is 64.6 Å². The van der Waals surface area contributed by atoms with Crippen LogP contribution in [0.4, 0.5) is 0 Å². The highest BCUT2D eigenvalue weighted by molar-refractivity contribution is 5.12. The minimum absolute atomic E-state index is 0.404. The lowest BCUT2D eigenvalue weighted by Crippen LogP contribution is -2.44. The molecule has 1 spiro atoms.